The van der Waals surface area contributed by atoms with Gasteiger partial charge in [-0.15, -0.1) is 0 Å². The summed E-state index contributed by atoms with van der Waals surface area (Å²) < 4.78 is 68.3. The fraction of sp³-hybridized carbons (Fsp3) is 0.630. The molecular formula is C81H132O17P2. The van der Waals surface area contributed by atoms with E-state index in [9.17, 15) is 43.2 Å². The number of esters is 4. The summed E-state index contributed by atoms with van der Waals surface area (Å²) in [6.45, 7) is 4.35. The molecule has 3 N–H and O–H groups in total. The molecule has 100 heavy (non-hydrogen) atoms. The summed E-state index contributed by atoms with van der Waals surface area (Å²) in [5.74, 6) is -2.32. The summed E-state index contributed by atoms with van der Waals surface area (Å²) in [6.07, 6.45) is 82.5. The molecule has 0 heterocycles. The zero-order valence-electron chi connectivity index (χ0n) is 61.8. The zero-order valence-corrected chi connectivity index (χ0v) is 63.6. The maximum Gasteiger partial charge on any atom is 0.472 e. The molecule has 0 aromatic rings. The number of ether oxygens (including phenoxy) is 4. The van der Waals surface area contributed by atoms with Crippen LogP contribution in [-0.2, 0) is 65.4 Å². The number of aliphatic hydroxyl groups is 1. The molecule has 0 bridgehead atoms. The van der Waals surface area contributed by atoms with Crippen molar-refractivity contribution in [3.05, 3.63) is 158 Å². The Morgan fingerprint density at radius 2 is 0.520 bits per heavy atom. The molecule has 0 aliphatic rings. The van der Waals surface area contributed by atoms with Gasteiger partial charge in [-0.3, -0.25) is 37.3 Å². The van der Waals surface area contributed by atoms with Crippen molar-refractivity contribution in [2.75, 3.05) is 39.6 Å². The molecule has 0 aromatic carbocycles. The predicted octanol–water partition coefficient (Wildman–Crippen LogP) is 21.7. The molecule has 17 nitrogen and oxygen atoms in total. The van der Waals surface area contributed by atoms with Gasteiger partial charge in [0.05, 0.1) is 26.4 Å². The number of phosphoric acid groups is 2. The van der Waals surface area contributed by atoms with Crippen LogP contribution in [0.25, 0.3) is 0 Å². The van der Waals surface area contributed by atoms with Crippen LogP contribution in [0.1, 0.15) is 272 Å². The number of hydrogen-bond donors (Lipinski definition) is 3. The lowest BCUT2D eigenvalue weighted by molar-refractivity contribution is -0.161. The van der Waals surface area contributed by atoms with Gasteiger partial charge in [-0.1, -0.05) is 237 Å². The van der Waals surface area contributed by atoms with E-state index >= 15 is 0 Å². The van der Waals surface area contributed by atoms with E-state index in [1.165, 1.54) is 25.7 Å². The van der Waals surface area contributed by atoms with Crippen LogP contribution < -0.4 is 0 Å². The SMILES string of the molecule is CC/C=C\C/C=C\C/C=C\C/C=C\CCCCCCC(=O)OCC(COP(=O)(O)OCC(O)COP(=O)(O)OCC(COC(=O)CCCC/C=C\C/C=C\C/C=C\C/C=C\CC)OC(=O)CCCCCCC/C=C\CCCCCC)OC(=O)CCCC/C=C\C/C=C\C/C=C\C/C=C\CC. The van der Waals surface area contributed by atoms with Crippen molar-refractivity contribution in [2.45, 2.75) is 290 Å². The number of allylic oxidation sites excluding steroid dienone is 26. The second-order valence-electron chi connectivity index (χ2n) is 24.4. The van der Waals surface area contributed by atoms with E-state index in [1.807, 2.05) is 0 Å². The third-order valence-electron chi connectivity index (χ3n) is 15.0. The van der Waals surface area contributed by atoms with Gasteiger partial charge in [0.15, 0.2) is 12.2 Å². The first-order chi connectivity index (χ1) is 48.7. The lowest BCUT2D eigenvalue weighted by atomic mass is 10.1. The van der Waals surface area contributed by atoms with E-state index in [1.54, 1.807) is 0 Å². The largest absolute Gasteiger partial charge is 0.472 e. The van der Waals surface area contributed by atoms with Gasteiger partial charge in [0.25, 0.3) is 0 Å². The smallest absolute Gasteiger partial charge is 0.462 e. The molecule has 0 fully saturated rings. The molecule has 0 saturated carbocycles. The minimum atomic E-state index is -5.00. The van der Waals surface area contributed by atoms with Crippen molar-refractivity contribution in [3.63, 3.8) is 0 Å². The van der Waals surface area contributed by atoms with E-state index in [-0.39, 0.29) is 25.7 Å². The van der Waals surface area contributed by atoms with Crippen LogP contribution in [0.2, 0.25) is 0 Å². The minimum absolute atomic E-state index is 0.0305. The molecule has 5 unspecified atom stereocenters. The Balaban J connectivity index is 5.46. The molecule has 0 spiro atoms. The summed E-state index contributed by atoms with van der Waals surface area (Å²) in [4.78, 5) is 72.8. The first-order valence-corrected chi connectivity index (χ1v) is 40.7. The van der Waals surface area contributed by atoms with Gasteiger partial charge >= 0.3 is 39.5 Å². The highest BCUT2D eigenvalue weighted by Gasteiger charge is 2.30. The van der Waals surface area contributed by atoms with E-state index in [4.69, 9.17) is 37.0 Å². The van der Waals surface area contributed by atoms with E-state index in [0.717, 1.165) is 161 Å². The fourth-order valence-electron chi connectivity index (χ4n) is 9.30. The van der Waals surface area contributed by atoms with Crippen molar-refractivity contribution in [1.29, 1.82) is 0 Å². The number of rotatable bonds is 69. The molecule has 0 saturated heterocycles. The first-order valence-electron chi connectivity index (χ1n) is 37.7. The molecule has 19 heteroatoms. The average molecular weight is 1440 g/mol. The number of aliphatic hydroxyl groups excluding tert-OH is 1. The van der Waals surface area contributed by atoms with E-state index < -0.39 is 97.5 Å². The van der Waals surface area contributed by atoms with Crippen LogP contribution >= 0.6 is 15.6 Å². The topological polar surface area (TPSA) is 237 Å². The third-order valence-corrected chi connectivity index (χ3v) is 16.9. The number of phosphoric ester groups is 2. The Hall–Kier alpha value is -5.32. The molecule has 568 valence electrons. The van der Waals surface area contributed by atoms with Crippen LogP contribution in [0.4, 0.5) is 0 Å². The minimum Gasteiger partial charge on any atom is -0.462 e. The monoisotopic (exact) mass is 1440 g/mol. The Kier molecular flexibility index (Phi) is 68.2. The predicted molar refractivity (Wildman–Crippen MR) is 408 cm³/mol. The van der Waals surface area contributed by atoms with Gasteiger partial charge in [-0.2, -0.15) is 0 Å². The first kappa shape index (κ1) is 94.7. The maximum atomic E-state index is 13.1. The Labute approximate surface area is 604 Å². The molecule has 0 aromatic heterocycles. The van der Waals surface area contributed by atoms with Gasteiger partial charge in [-0.05, 0) is 167 Å². The molecule has 0 radical (unpaired) electrons. The highest BCUT2D eigenvalue weighted by Crippen LogP contribution is 2.45. The molecule has 0 amide bonds. The van der Waals surface area contributed by atoms with Gasteiger partial charge < -0.3 is 33.8 Å². The Morgan fingerprint density at radius 1 is 0.290 bits per heavy atom. The highest BCUT2D eigenvalue weighted by atomic mass is 31.2. The van der Waals surface area contributed by atoms with Crippen molar-refractivity contribution < 1.29 is 80.2 Å². The quantitative estimate of drug-likeness (QED) is 0.0169. The van der Waals surface area contributed by atoms with Crippen molar-refractivity contribution in [1.82, 2.24) is 0 Å². The summed E-state index contributed by atoms with van der Waals surface area (Å²) in [5.41, 5.74) is 0. The van der Waals surface area contributed by atoms with Crippen LogP contribution in [0.5, 0.6) is 0 Å². The van der Waals surface area contributed by atoms with Gasteiger partial charge in [0.2, 0.25) is 0 Å². The Bertz CT molecular complexity index is 2520. The number of carbonyl (C=O) groups is 4. The lowest BCUT2D eigenvalue weighted by Crippen LogP contribution is -2.30. The number of hydrogen-bond acceptors (Lipinski definition) is 15. The normalized spacial score (nSPS) is 14.8. The molecule has 0 rings (SSSR count). The van der Waals surface area contributed by atoms with Crippen molar-refractivity contribution in [3.8, 4) is 0 Å². The van der Waals surface area contributed by atoms with Crippen LogP contribution in [0.15, 0.2) is 158 Å². The number of carbonyl (C=O) groups excluding carboxylic acids is 4. The van der Waals surface area contributed by atoms with Crippen LogP contribution in [-0.4, -0.2) is 96.7 Å². The van der Waals surface area contributed by atoms with Crippen molar-refractivity contribution in [2.24, 2.45) is 0 Å². The van der Waals surface area contributed by atoms with E-state index in [0.29, 0.717) is 32.1 Å². The molecule has 0 aliphatic heterocycles. The van der Waals surface area contributed by atoms with Gasteiger partial charge in [0.1, 0.15) is 19.3 Å². The average Bonchev–Trinajstić information content (AvgIpc) is 1.06. The standard InChI is InChI=1S/C81H132O17P2/c1-5-9-13-17-21-25-29-33-36-37-40-43-46-50-54-58-62-66-79(84)92-72-77(98-81(86)68-64-60-56-52-48-44-39-35-31-27-23-19-15-11-7-3)74-96-100(89,90)94-70-75(82)69-93-99(87,88)95-73-76(97-80(85)67-63-59-55-51-47-41-32-28-24-20-16-12-8-4)71-91-78(83)65-61-57-53-49-45-42-38-34-30-26-22-18-14-10-6-2/h9-11,13-15,21-23,25-28,32-36,38-40,43,45,48-49,52,75-77,82H,5-8,12,16-20,24,29-31,37,41-42,44,46-47,50-51,53-74H2,1-4H3,(H,87,88)(H,89,90)/b13-9-,14-10-,15-11-,25-21-,26-22-,27-23-,32-28-,36-33-,38-34-,39-35-,43-40-,49-45-,52-48-. The molecular weight excluding hydrogens is 1310 g/mol. The summed E-state index contributed by atoms with van der Waals surface area (Å²) in [7, 11) is -9.99. The van der Waals surface area contributed by atoms with Crippen LogP contribution in [0.3, 0.4) is 0 Å². The van der Waals surface area contributed by atoms with Gasteiger partial charge in [0, 0.05) is 25.7 Å². The van der Waals surface area contributed by atoms with Crippen molar-refractivity contribution >= 4 is 39.5 Å². The second kappa shape index (κ2) is 72.0. The Morgan fingerprint density at radius 3 is 0.830 bits per heavy atom. The number of unbranched alkanes of at least 4 members (excludes halogenated alkanes) is 17. The summed E-state index contributed by atoms with van der Waals surface area (Å²) in [5, 5.41) is 10.6. The highest BCUT2D eigenvalue weighted by molar-refractivity contribution is 7.47. The molecule has 0 aliphatic carbocycles. The fourth-order valence-corrected chi connectivity index (χ4v) is 10.9. The van der Waals surface area contributed by atoms with Crippen LogP contribution in [0, 0.1) is 0 Å². The lowest BCUT2D eigenvalue weighted by Gasteiger charge is -2.21. The summed E-state index contributed by atoms with van der Waals surface area (Å²) >= 11 is 0. The van der Waals surface area contributed by atoms with Gasteiger partial charge in [-0.25, -0.2) is 9.13 Å². The maximum absolute atomic E-state index is 13.1. The third kappa shape index (κ3) is 71.1. The zero-order chi connectivity index (χ0) is 73.2. The molecule has 5 atom stereocenters. The van der Waals surface area contributed by atoms with E-state index in [2.05, 4.69) is 186 Å². The summed E-state index contributed by atoms with van der Waals surface area (Å²) in [6, 6.07) is 0. The second-order valence-corrected chi connectivity index (χ2v) is 27.3.